The Morgan fingerprint density at radius 1 is 0.933 bits per heavy atom. The molecule has 4 rings (SSSR count). The Balaban J connectivity index is 1.35. The van der Waals surface area contributed by atoms with Crippen molar-refractivity contribution in [1.82, 2.24) is 4.90 Å². The Bertz CT molecular complexity index is 1010. The number of nitrogens with zero attached hydrogens (tertiary/aromatic N) is 2. The summed E-state index contributed by atoms with van der Waals surface area (Å²) >= 11 is 0. The first-order chi connectivity index (χ1) is 14.6. The monoisotopic (exact) mass is 404 g/mol. The molecule has 4 nitrogen and oxygen atoms in total. The van der Waals surface area contributed by atoms with Crippen LogP contribution < -0.4 is 9.64 Å². The van der Waals surface area contributed by atoms with Crippen LogP contribution in [0.5, 0.6) is 5.75 Å². The summed E-state index contributed by atoms with van der Waals surface area (Å²) < 4.78 is 18.8. The second-order valence-electron chi connectivity index (χ2n) is 7.56. The van der Waals surface area contributed by atoms with E-state index >= 15 is 0 Å². The van der Waals surface area contributed by atoms with Gasteiger partial charge in [-0.1, -0.05) is 30.3 Å². The van der Waals surface area contributed by atoms with Crippen LogP contribution in [0.3, 0.4) is 0 Å². The van der Waals surface area contributed by atoms with Gasteiger partial charge >= 0.3 is 0 Å². The molecule has 0 atom stereocenters. The molecular weight excluding hydrogens is 379 g/mol. The van der Waals surface area contributed by atoms with E-state index in [-0.39, 0.29) is 11.7 Å². The number of anilines is 1. The van der Waals surface area contributed by atoms with Gasteiger partial charge in [0, 0.05) is 37.4 Å². The molecule has 0 unspecified atom stereocenters. The molecule has 1 saturated heterocycles. The molecule has 0 saturated carbocycles. The number of ether oxygens (including phenoxy) is 1. The van der Waals surface area contributed by atoms with Crippen LogP contribution in [0.1, 0.15) is 21.5 Å². The van der Waals surface area contributed by atoms with Gasteiger partial charge in [0.1, 0.15) is 18.2 Å². The summed E-state index contributed by atoms with van der Waals surface area (Å²) in [6.45, 7) is 5.42. The zero-order valence-corrected chi connectivity index (χ0v) is 17.1. The summed E-state index contributed by atoms with van der Waals surface area (Å²) in [5.74, 6) is 0.378. The Hall–Kier alpha value is -3.34. The summed E-state index contributed by atoms with van der Waals surface area (Å²) in [4.78, 5) is 17.2. The molecule has 3 aromatic carbocycles. The highest BCUT2D eigenvalue weighted by molar-refractivity contribution is 5.94. The highest BCUT2D eigenvalue weighted by Crippen LogP contribution is 2.20. The van der Waals surface area contributed by atoms with Crippen LogP contribution in [-0.4, -0.2) is 37.0 Å². The minimum Gasteiger partial charge on any atom is -0.489 e. The Morgan fingerprint density at radius 2 is 1.67 bits per heavy atom. The Kier molecular flexibility index (Phi) is 5.98. The lowest BCUT2D eigenvalue weighted by atomic mass is 10.1. The third kappa shape index (κ3) is 4.79. The molecule has 3 aromatic rings. The molecule has 0 bridgehead atoms. The van der Waals surface area contributed by atoms with Gasteiger partial charge in [0.25, 0.3) is 5.91 Å². The van der Waals surface area contributed by atoms with Gasteiger partial charge < -0.3 is 14.5 Å². The first-order valence-corrected chi connectivity index (χ1v) is 10.2. The van der Waals surface area contributed by atoms with E-state index in [9.17, 15) is 9.18 Å². The molecule has 0 aliphatic carbocycles. The zero-order valence-electron chi connectivity index (χ0n) is 17.1. The van der Waals surface area contributed by atoms with Gasteiger partial charge in [-0.3, -0.25) is 4.79 Å². The molecule has 1 aliphatic rings. The molecule has 0 spiro atoms. The van der Waals surface area contributed by atoms with E-state index < -0.39 is 0 Å². The van der Waals surface area contributed by atoms with Crippen LogP contribution in [-0.2, 0) is 6.61 Å². The minimum atomic E-state index is -0.270. The van der Waals surface area contributed by atoms with Crippen molar-refractivity contribution in [1.29, 1.82) is 0 Å². The molecule has 1 heterocycles. The van der Waals surface area contributed by atoms with Crippen LogP contribution in [0.25, 0.3) is 0 Å². The van der Waals surface area contributed by atoms with Crippen molar-refractivity contribution in [3.63, 3.8) is 0 Å². The summed E-state index contributed by atoms with van der Waals surface area (Å²) in [5.41, 5.74) is 3.94. The second-order valence-corrected chi connectivity index (χ2v) is 7.56. The SMILES string of the molecule is Cc1cccc(N2CCN(C(=O)c3cccc(OCc4ccc(F)cc4)c3)CC2)c1. The van der Waals surface area contributed by atoms with Crippen LogP contribution >= 0.6 is 0 Å². The van der Waals surface area contributed by atoms with Gasteiger partial charge in [-0.15, -0.1) is 0 Å². The maximum absolute atomic E-state index is 13.0. The number of benzene rings is 3. The van der Waals surface area contributed by atoms with Crippen LogP contribution in [0.15, 0.2) is 72.8 Å². The highest BCUT2D eigenvalue weighted by Gasteiger charge is 2.22. The number of carbonyl (C=O) groups is 1. The topological polar surface area (TPSA) is 32.8 Å². The number of hydrogen-bond donors (Lipinski definition) is 0. The number of rotatable bonds is 5. The van der Waals surface area contributed by atoms with Crippen molar-refractivity contribution < 1.29 is 13.9 Å². The predicted molar refractivity (Wildman–Crippen MR) is 116 cm³/mol. The summed E-state index contributed by atoms with van der Waals surface area (Å²) in [5, 5.41) is 0. The first kappa shape index (κ1) is 20.0. The number of carbonyl (C=O) groups excluding carboxylic acids is 1. The van der Waals surface area contributed by atoms with Gasteiger partial charge in [0.15, 0.2) is 0 Å². The fourth-order valence-corrected chi connectivity index (χ4v) is 3.64. The molecule has 1 amide bonds. The van der Waals surface area contributed by atoms with Crippen LogP contribution in [0.4, 0.5) is 10.1 Å². The van der Waals surface area contributed by atoms with E-state index in [0.29, 0.717) is 31.0 Å². The Labute approximate surface area is 176 Å². The van der Waals surface area contributed by atoms with Crippen molar-refractivity contribution in [3.8, 4) is 5.75 Å². The van der Waals surface area contributed by atoms with Gasteiger partial charge in [-0.05, 0) is 60.5 Å². The highest BCUT2D eigenvalue weighted by atomic mass is 19.1. The van der Waals surface area contributed by atoms with E-state index in [1.165, 1.54) is 23.4 Å². The summed E-state index contributed by atoms with van der Waals surface area (Å²) in [6, 6.07) is 21.9. The number of amides is 1. The third-order valence-corrected chi connectivity index (χ3v) is 5.33. The van der Waals surface area contributed by atoms with Gasteiger partial charge in [-0.2, -0.15) is 0 Å². The van der Waals surface area contributed by atoms with E-state index in [4.69, 9.17) is 4.74 Å². The standard InChI is InChI=1S/C25H25FN2O2/c1-19-4-2-6-23(16-19)27-12-14-28(15-13-27)25(29)21-5-3-7-24(17-21)30-18-20-8-10-22(26)11-9-20/h2-11,16-17H,12-15,18H2,1H3. The molecular formula is C25H25FN2O2. The zero-order chi connectivity index (χ0) is 20.9. The van der Waals surface area contributed by atoms with E-state index in [1.807, 2.05) is 23.1 Å². The summed E-state index contributed by atoms with van der Waals surface area (Å²) in [7, 11) is 0. The average molecular weight is 404 g/mol. The molecule has 30 heavy (non-hydrogen) atoms. The second kappa shape index (κ2) is 8.99. The lowest BCUT2D eigenvalue weighted by Crippen LogP contribution is -2.48. The van der Waals surface area contributed by atoms with E-state index in [2.05, 4.69) is 36.1 Å². The Morgan fingerprint density at radius 3 is 2.40 bits per heavy atom. The lowest BCUT2D eigenvalue weighted by Gasteiger charge is -2.36. The van der Waals surface area contributed by atoms with Gasteiger partial charge in [0.2, 0.25) is 0 Å². The first-order valence-electron chi connectivity index (χ1n) is 10.2. The van der Waals surface area contributed by atoms with Crippen LogP contribution in [0.2, 0.25) is 0 Å². The molecule has 154 valence electrons. The van der Waals surface area contributed by atoms with Crippen LogP contribution in [0, 0.1) is 12.7 Å². The normalized spacial score (nSPS) is 13.9. The minimum absolute atomic E-state index is 0.0196. The smallest absolute Gasteiger partial charge is 0.254 e. The van der Waals surface area contributed by atoms with E-state index in [0.717, 1.165) is 18.7 Å². The molecule has 0 N–H and O–H groups in total. The fraction of sp³-hybridized carbons (Fsp3) is 0.240. The maximum atomic E-state index is 13.0. The fourth-order valence-electron chi connectivity index (χ4n) is 3.64. The maximum Gasteiger partial charge on any atom is 0.254 e. The largest absolute Gasteiger partial charge is 0.489 e. The number of hydrogen-bond acceptors (Lipinski definition) is 3. The molecule has 1 aliphatic heterocycles. The van der Waals surface area contributed by atoms with Crippen molar-refractivity contribution in [2.24, 2.45) is 0 Å². The average Bonchev–Trinajstić information content (AvgIpc) is 2.78. The molecule has 0 radical (unpaired) electrons. The van der Waals surface area contributed by atoms with Gasteiger partial charge in [-0.25, -0.2) is 4.39 Å². The predicted octanol–water partition coefficient (Wildman–Crippen LogP) is 4.68. The number of aryl methyl sites for hydroxylation is 1. The number of halogens is 1. The van der Waals surface area contributed by atoms with Crippen molar-refractivity contribution in [2.45, 2.75) is 13.5 Å². The van der Waals surface area contributed by atoms with E-state index in [1.54, 1.807) is 18.2 Å². The molecule has 1 fully saturated rings. The summed E-state index contributed by atoms with van der Waals surface area (Å²) in [6.07, 6.45) is 0. The number of piperazine rings is 1. The molecule has 0 aromatic heterocycles. The lowest BCUT2D eigenvalue weighted by molar-refractivity contribution is 0.0746. The van der Waals surface area contributed by atoms with Gasteiger partial charge in [0.05, 0.1) is 0 Å². The van der Waals surface area contributed by atoms with Crippen molar-refractivity contribution >= 4 is 11.6 Å². The molecule has 5 heteroatoms. The van der Waals surface area contributed by atoms with Crippen molar-refractivity contribution in [3.05, 3.63) is 95.3 Å². The third-order valence-electron chi connectivity index (χ3n) is 5.33. The quantitative estimate of drug-likeness (QED) is 0.619. The van der Waals surface area contributed by atoms with Crippen molar-refractivity contribution in [2.75, 3.05) is 31.1 Å².